The molecule has 56 valence electrons. The molecule has 0 aromatic carbocycles. The summed E-state index contributed by atoms with van der Waals surface area (Å²) in [5.74, 6) is 0. The molecule has 0 aliphatic heterocycles. The summed E-state index contributed by atoms with van der Waals surface area (Å²) in [5.41, 5.74) is 11.3. The maximum absolute atomic E-state index is 5.65. The Kier molecular flexibility index (Phi) is 4.19. The second kappa shape index (κ2) is 4.09. The average Bonchev–Trinajstić information content (AvgIpc) is 1.77. The predicted octanol–water partition coefficient (Wildman–Crippen LogP) is -2.78. The van der Waals surface area contributed by atoms with Gasteiger partial charge in [-0.2, -0.15) is 0 Å². The topological polar surface area (TPSA) is 52.0 Å². The monoisotopic (exact) mass is 149 g/mol. The van der Waals surface area contributed by atoms with Gasteiger partial charge in [0.1, 0.15) is 0 Å². The van der Waals surface area contributed by atoms with E-state index in [0.29, 0.717) is 0 Å². The van der Waals surface area contributed by atoms with E-state index in [4.69, 9.17) is 11.5 Å². The third kappa shape index (κ3) is 2.52. The first kappa shape index (κ1) is 9.21. The van der Waals surface area contributed by atoms with E-state index in [9.17, 15) is 0 Å². The fourth-order valence-corrected chi connectivity index (χ4v) is 1.19. The Labute approximate surface area is 62.4 Å². The van der Waals surface area contributed by atoms with Crippen LogP contribution in [0.4, 0.5) is 0 Å². The Morgan fingerprint density at radius 3 is 1.44 bits per heavy atom. The van der Waals surface area contributed by atoms with Gasteiger partial charge in [0.2, 0.25) is 0 Å². The van der Waals surface area contributed by atoms with Gasteiger partial charge in [-0.25, -0.2) is 0 Å². The molecule has 2 unspecified atom stereocenters. The lowest BCUT2D eigenvalue weighted by atomic mass is 9.92. The van der Waals surface area contributed by atoms with Crippen LogP contribution in [0.2, 0.25) is 0 Å². The molecule has 1 fully saturated rings. The molecule has 2 atom stereocenters. The van der Waals surface area contributed by atoms with E-state index < -0.39 is 0 Å². The van der Waals surface area contributed by atoms with Crippen LogP contribution in [-0.2, 0) is 0 Å². The van der Waals surface area contributed by atoms with Crippen molar-refractivity contribution in [3.8, 4) is 0 Å². The average molecular weight is 150 g/mol. The van der Waals surface area contributed by atoms with Crippen LogP contribution in [0, 0.1) is 0 Å². The summed E-state index contributed by atoms with van der Waals surface area (Å²) in [4.78, 5) is 0. The smallest absolute Gasteiger partial charge is 0.0192 e. The summed E-state index contributed by atoms with van der Waals surface area (Å²) < 4.78 is 0. The summed E-state index contributed by atoms with van der Waals surface area (Å²) >= 11 is 0. The zero-order chi connectivity index (χ0) is 5.98. The molecule has 0 spiro atoms. The molecule has 0 saturated heterocycles. The quantitative estimate of drug-likeness (QED) is 0.392. The lowest BCUT2D eigenvalue weighted by Crippen LogP contribution is -3.00. The first-order chi connectivity index (χ1) is 3.80. The molecule has 1 rings (SSSR count). The van der Waals surface area contributed by atoms with Crippen molar-refractivity contribution in [2.24, 2.45) is 11.5 Å². The molecule has 1 aliphatic carbocycles. The summed E-state index contributed by atoms with van der Waals surface area (Å²) in [5, 5.41) is 0. The minimum Gasteiger partial charge on any atom is -1.00 e. The van der Waals surface area contributed by atoms with Gasteiger partial charge in [-0.3, -0.25) is 0 Å². The summed E-state index contributed by atoms with van der Waals surface area (Å²) in [6.07, 6.45) is 4.80. The van der Waals surface area contributed by atoms with Crippen LogP contribution < -0.4 is 23.9 Å². The number of hydrogen-bond acceptors (Lipinski definition) is 2. The highest BCUT2D eigenvalue weighted by Crippen LogP contribution is 2.14. The van der Waals surface area contributed by atoms with Gasteiger partial charge in [0.15, 0.2) is 0 Å². The highest BCUT2D eigenvalue weighted by molar-refractivity contribution is 4.79. The van der Waals surface area contributed by atoms with Crippen molar-refractivity contribution in [1.29, 1.82) is 0 Å². The van der Waals surface area contributed by atoms with E-state index in [0.717, 1.165) is 12.8 Å². The molecule has 2 nitrogen and oxygen atoms in total. The van der Waals surface area contributed by atoms with Gasteiger partial charge >= 0.3 is 0 Å². The summed E-state index contributed by atoms with van der Waals surface area (Å²) in [6, 6.07) is 0.562. The second-order valence-corrected chi connectivity index (χ2v) is 2.61. The Bertz CT molecular complexity index is 67.5. The van der Waals surface area contributed by atoms with Gasteiger partial charge in [-0.1, -0.05) is 12.8 Å². The van der Waals surface area contributed by atoms with Crippen molar-refractivity contribution in [3.05, 3.63) is 0 Å². The maximum Gasteiger partial charge on any atom is 0.0192 e. The molecular weight excluding hydrogens is 136 g/mol. The molecule has 4 N–H and O–H groups in total. The van der Waals surface area contributed by atoms with Crippen molar-refractivity contribution in [3.63, 3.8) is 0 Å². The van der Waals surface area contributed by atoms with E-state index in [1.165, 1.54) is 12.8 Å². The number of halogens is 1. The number of nitrogens with two attached hydrogens (primary N) is 2. The molecule has 1 aliphatic rings. The fraction of sp³-hybridized carbons (Fsp3) is 1.00. The lowest BCUT2D eigenvalue weighted by molar-refractivity contribution is -0.00000195. The van der Waals surface area contributed by atoms with Gasteiger partial charge in [-0.15, -0.1) is 0 Å². The van der Waals surface area contributed by atoms with Gasteiger partial charge in [-0.05, 0) is 12.8 Å². The van der Waals surface area contributed by atoms with Crippen LogP contribution in [0.5, 0.6) is 0 Å². The first-order valence-corrected chi connectivity index (χ1v) is 3.32. The van der Waals surface area contributed by atoms with Crippen LogP contribution in [0.15, 0.2) is 0 Å². The van der Waals surface area contributed by atoms with Gasteiger partial charge in [0.05, 0.1) is 0 Å². The Morgan fingerprint density at radius 2 is 1.22 bits per heavy atom. The number of hydrogen-bond donors (Lipinski definition) is 2. The first-order valence-electron chi connectivity index (χ1n) is 3.32. The minimum absolute atomic E-state index is 0. The molecular formula is C6H14ClN2-. The SMILES string of the molecule is NC1CCCCC1N.[Cl-]. The molecule has 0 aromatic rings. The molecule has 0 aromatic heterocycles. The van der Waals surface area contributed by atoms with E-state index in [2.05, 4.69) is 0 Å². The molecule has 1 saturated carbocycles. The van der Waals surface area contributed by atoms with Crippen molar-refractivity contribution in [2.45, 2.75) is 37.8 Å². The zero-order valence-electron chi connectivity index (χ0n) is 5.52. The third-order valence-corrected chi connectivity index (χ3v) is 1.87. The largest absolute Gasteiger partial charge is 1.00 e. The molecule has 9 heavy (non-hydrogen) atoms. The van der Waals surface area contributed by atoms with Crippen molar-refractivity contribution < 1.29 is 12.4 Å². The van der Waals surface area contributed by atoms with Crippen molar-refractivity contribution >= 4 is 0 Å². The lowest BCUT2D eigenvalue weighted by Gasteiger charge is -2.24. The predicted molar refractivity (Wildman–Crippen MR) is 34.4 cm³/mol. The van der Waals surface area contributed by atoms with Crippen LogP contribution in [0.3, 0.4) is 0 Å². The highest BCUT2D eigenvalue weighted by atomic mass is 35.5. The summed E-state index contributed by atoms with van der Waals surface area (Å²) in [7, 11) is 0. The minimum atomic E-state index is 0. The maximum atomic E-state index is 5.65. The standard InChI is InChI=1S/C6H14N2.ClH/c7-5-3-1-2-4-6(5)8;/h5-6H,1-4,7-8H2;1H/p-1. The molecule has 0 radical (unpaired) electrons. The molecule has 0 bridgehead atoms. The normalized spacial score (nSPS) is 35.3. The number of rotatable bonds is 0. The fourth-order valence-electron chi connectivity index (χ4n) is 1.19. The highest BCUT2D eigenvalue weighted by Gasteiger charge is 2.16. The molecule has 0 heterocycles. The van der Waals surface area contributed by atoms with E-state index in [-0.39, 0.29) is 24.5 Å². The van der Waals surface area contributed by atoms with Gasteiger partial charge in [0, 0.05) is 12.1 Å². The van der Waals surface area contributed by atoms with E-state index >= 15 is 0 Å². The van der Waals surface area contributed by atoms with Crippen LogP contribution >= 0.6 is 0 Å². The molecule has 0 amide bonds. The Balaban J connectivity index is 0.000000640. The van der Waals surface area contributed by atoms with Crippen LogP contribution in [-0.4, -0.2) is 12.1 Å². The van der Waals surface area contributed by atoms with Crippen molar-refractivity contribution in [1.82, 2.24) is 0 Å². The van der Waals surface area contributed by atoms with Gasteiger partial charge < -0.3 is 23.9 Å². The van der Waals surface area contributed by atoms with Gasteiger partial charge in [0.25, 0.3) is 0 Å². The second-order valence-electron chi connectivity index (χ2n) is 2.61. The molecule has 3 heteroatoms. The van der Waals surface area contributed by atoms with Crippen LogP contribution in [0.1, 0.15) is 25.7 Å². The zero-order valence-corrected chi connectivity index (χ0v) is 6.27. The van der Waals surface area contributed by atoms with E-state index in [1.807, 2.05) is 0 Å². The van der Waals surface area contributed by atoms with Crippen molar-refractivity contribution in [2.75, 3.05) is 0 Å². The summed E-state index contributed by atoms with van der Waals surface area (Å²) in [6.45, 7) is 0. The Hall–Kier alpha value is 0.210. The Morgan fingerprint density at radius 1 is 0.889 bits per heavy atom. The third-order valence-electron chi connectivity index (χ3n) is 1.87. The van der Waals surface area contributed by atoms with Crippen LogP contribution in [0.25, 0.3) is 0 Å². The van der Waals surface area contributed by atoms with E-state index in [1.54, 1.807) is 0 Å².